The molecule has 0 aromatic rings. The molecule has 0 spiro atoms. The van der Waals surface area contributed by atoms with Gasteiger partial charge in [-0.25, -0.2) is 0 Å². The zero-order chi connectivity index (χ0) is 13.4. The molecule has 1 rings (SSSR count). The van der Waals surface area contributed by atoms with Gasteiger partial charge in [0.05, 0.1) is 6.54 Å². The first-order valence-corrected chi connectivity index (χ1v) is 6.79. The molecule has 1 saturated heterocycles. The van der Waals surface area contributed by atoms with Crippen molar-refractivity contribution in [1.29, 1.82) is 0 Å². The minimum absolute atomic E-state index is 0.0652. The summed E-state index contributed by atoms with van der Waals surface area (Å²) >= 11 is 0. The minimum atomic E-state index is -0.781. The zero-order valence-electron chi connectivity index (χ0n) is 11.5. The maximum Gasteiger partial charge on any atom is 0.317 e. The Kier molecular flexibility index (Phi) is 7.23. The molecule has 2 unspecified atom stereocenters. The number of methoxy groups -OCH3 is 1. The lowest BCUT2D eigenvalue weighted by Gasteiger charge is -2.37. The highest BCUT2D eigenvalue weighted by Gasteiger charge is 2.23. The summed E-state index contributed by atoms with van der Waals surface area (Å²) < 4.78 is 5.12. The molecule has 1 aliphatic rings. The number of nitrogens with one attached hydrogen (secondary N) is 1. The second kappa shape index (κ2) is 8.45. The van der Waals surface area contributed by atoms with Gasteiger partial charge in [0.2, 0.25) is 0 Å². The van der Waals surface area contributed by atoms with E-state index >= 15 is 0 Å². The lowest BCUT2D eigenvalue weighted by Crippen LogP contribution is -2.44. The lowest BCUT2D eigenvalue weighted by atomic mass is 9.96. The predicted molar refractivity (Wildman–Crippen MR) is 70.8 cm³/mol. The van der Waals surface area contributed by atoms with E-state index in [1.807, 2.05) is 0 Å². The van der Waals surface area contributed by atoms with Crippen LogP contribution in [-0.4, -0.2) is 61.9 Å². The number of piperidine rings is 1. The van der Waals surface area contributed by atoms with E-state index in [0.717, 1.165) is 32.7 Å². The molecule has 0 aromatic heterocycles. The van der Waals surface area contributed by atoms with Crippen LogP contribution in [0.15, 0.2) is 0 Å². The van der Waals surface area contributed by atoms with Crippen LogP contribution < -0.4 is 5.32 Å². The topological polar surface area (TPSA) is 61.8 Å². The zero-order valence-corrected chi connectivity index (χ0v) is 11.5. The van der Waals surface area contributed by atoms with Gasteiger partial charge < -0.3 is 20.1 Å². The van der Waals surface area contributed by atoms with E-state index < -0.39 is 5.97 Å². The summed E-state index contributed by atoms with van der Waals surface area (Å²) in [6.45, 7) is 6.14. The van der Waals surface area contributed by atoms with Crippen LogP contribution in [0.2, 0.25) is 0 Å². The minimum Gasteiger partial charge on any atom is -0.480 e. The van der Waals surface area contributed by atoms with Crippen molar-refractivity contribution >= 4 is 5.97 Å². The molecule has 0 saturated carbocycles. The number of likely N-dealkylation sites (tertiary alicyclic amines) is 1. The molecule has 2 atom stereocenters. The van der Waals surface area contributed by atoms with E-state index in [4.69, 9.17) is 9.84 Å². The number of rotatable bonds is 8. The molecule has 5 heteroatoms. The highest BCUT2D eigenvalue weighted by Crippen LogP contribution is 2.19. The summed E-state index contributed by atoms with van der Waals surface area (Å²) in [6, 6.07) is 0.548. The maximum absolute atomic E-state index is 10.4. The molecule has 0 aromatic carbocycles. The fraction of sp³-hybridized carbons (Fsp3) is 0.923. The summed E-state index contributed by atoms with van der Waals surface area (Å²) in [5.41, 5.74) is 0. The smallest absolute Gasteiger partial charge is 0.317 e. The number of carbonyl (C=O) groups is 1. The number of carboxylic acid groups (broad SMARTS) is 1. The molecule has 18 heavy (non-hydrogen) atoms. The van der Waals surface area contributed by atoms with Gasteiger partial charge in [0.1, 0.15) is 0 Å². The van der Waals surface area contributed by atoms with E-state index in [1.54, 1.807) is 7.11 Å². The number of aliphatic carboxylic acids is 1. The highest BCUT2D eigenvalue weighted by molar-refractivity contribution is 5.68. The number of hydrogen-bond donors (Lipinski definition) is 2. The first kappa shape index (κ1) is 15.4. The van der Waals surface area contributed by atoms with Crippen molar-refractivity contribution in [3.63, 3.8) is 0 Å². The molecule has 0 amide bonds. The van der Waals surface area contributed by atoms with E-state index in [9.17, 15) is 4.79 Å². The van der Waals surface area contributed by atoms with Gasteiger partial charge >= 0.3 is 5.97 Å². The SMILES string of the molecule is COCCC(C)N1CCCC(CNCC(=O)O)C1. The average molecular weight is 258 g/mol. The normalized spacial score (nSPS) is 22.9. The quantitative estimate of drug-likeness (QED) is 0.674. The van der Waals surface area contributed by atoms with Crippen LogP contribution in [0, 0.1) is 5.92 Å². The Bertz CT molecular complexity index is 248. The largest absolute Gasteiger partial charge is 0.480 e. The first-order valence-electron chi connectivity index (χ1n) is 6.79. The molecule has 1 heterocycles. The van der Waals surface area contributed by atoms with E-state index in [-0.39, 0.29) is 6.54 Å². The average Bonchev–Trinajstić information content (AvgIpc) is 2.36. The Balaban J connectivity index is 2.24. The Morgan fingerprint density at radius 1 is 1.61 bits per heavy atom. The molecular formula is C13H26N2O3. The Labute approximate surface area is 109 Å². The van der Waals surface area contributed by atoms with Crippen molar-refractivity contribution in [3.8, 4) is 0 Å². The third-order valence-electron chi connectivity index (χ3n) is 3.62. The maximum atomic E-state index is 10.4. The monoisotopic (exact) mass is 258 g/mol. The van der Waals surface area contributed by atoms with Crippen LogP contribution >= 0.6 is 0 Å². The Morgan fingerprint density at radius 3 is 3.06 bits per heavy atom. The Hall–Kier alpha value is -0.650. The number of carboxylic acids is 1. The fourth-order valence-electron chi connectivity index (χ4n) is 2.52. The highest BCUT2D eigenvalue weighted by atomic mass is 16.5. The van der Waals surface area contributed by atoms with Gasteiger partial charge in [0.25, 0.3) is 0 Å². The van der Waals surface area contributed by atoms with Gasteiger partial charge in [-0.2, -0.15) is 0 Å². The number of ether oxygens (including phenoxy) is 1. The van der Waals surface area contributed by atoms with Gasteiger partial charge in [0, 0.05) is 26.3 Å². The van der Waals surface area contributed by atoms with Crippen LogP contribution in [0.4, 0.5) is 0 Å². The van der Waals surface area contributed by atoms with Gasteiger partial charge in [-0.3, -0.25) is 4.79 Å². The van der Waals surface area contributed by atoms with Crippen molar-refractivity contribution in [2.45, 2.75) is 32.2 Å². The van der Waals surface area contributed by atoms with Gasteiger partial charge in [-0.15, -0.1) is 0 Å². The summed E-state index contributed by atoms with van der Waals surface area (Å²) in [5.74, 6) is -0.209. The molecule has 1 aliphatic heterocycles. The van der Waals surface area contributed by atoms with Crippen molar-refractivity contribution in [2.24, 2.45) is 5.92 Å². The molecule has 0 bridgehead atoms. The van der Waals surface area contributed by atoms with Crippen molar-refractivity contribution in [3.05, 3.63) is 0 Å². The van der Waals surface area contributed by atoms with Crippen molar-refractivity contribution in [2.75, 3.05) is 39.9 Å². The number of hydrogen-bond acceptors (Lipinski definition) is 4. The predicted octanol–water partition coefficient (Wildman–Crippen LogP) is 0.798. The van der Waals surface area contributed by atoms with Gasteiger partial charge in [-0.1, -0.05) is 0 Å². The third kappa shape index (κ3) is 5.80. The molecule has 1 fully saturated rings. The summed E-state index contributed by atoms with van der Waals surface area (Å²) in [5, 5.41) is 11.6. The van der Waals surface area contributed by atoms with E-state index in [0.29, 0.717) is 12.0 Å². The van der Waals surface area contributed by atoms with Gasteiger partial charge in [0.15, 0.2) is 0 Å². The first-order chi connectivity index (χ1) is 8.63. The molecule has 106 valence electrons. The third-order valence-corrected chi connectivity index (χ3v) is 3.62. The molecule has 2 N–H and O–H groups in total. The summed E-state index contributed by atoms with van der Waals surface area (Å²) in [7, 11) is 1.74. The van der Waals surface area contributed by atoms with Crippen LogP contribution in [0.1, 0.15) is 26.2 Å². The lowest BCUT2D eigenvalue weighted by molar-refractivity contribution is -0.136. The van der Waals surface area contributed by atoms with Crippen LogP contribution in [0.25, 0.3) is 0 Å². The summed E-state index contributed by atoms with van der Waals surface area (Å²) in [4.78, 5) is 12.9. The van der Waals surface area contributed by atoms with Crippen molar-refractivity contribution < 1.29 is 14.6 Å². The molecule has 0 radical (unpaired) electrons. The molecule has 5 nitrogen and oxygen atoms in total. The van der Waals surface area contributed by atoms with Crippen LogP contribution in [0.3, 0.4) is 0 Å². The second-order valence-corrected chi connectivity index (χ2v) is 5.16. The fourth-order valence-corrected chi connectivity index (χ4v) is 2.52. The Morgan fingerprint density at radius 2 is 2.39 bits per heavy atom. The second-order valence-electron chi connectivity index (χ2n) is 5.16. The molecular weight excluding hydrogens is 232 g/mol. The van der Waals surface area contributed by atoms with Crippen molar-refractivity contribution in [1.82, 2.24) is 10.2 Å². The van der Waals surface area contributed by atoms with E-state index in [2.05, 4.69) is 17.1 Å². The van der Waals surface area contributed by atoms with Crippen LogP contribution in [-0.2, 0) is 9.53 Å². The van der Waals surface area contributed by atoms with Crippen LogP contribution in [0.5, 0.6) is 0 Å². The van der Waals surface area contributed by atoms with Gasteiger partial charge in [-0.05, 0) is 45.2 Å². The molecule has 0 aliphatic carbocycles. The van der Waals surface area contributed by atoms with E-state index in [1.165, 1.54) is 12.8 Å². The number of nitrogens with zero attached hydrogens (tertiary/aromatic N) is 1. The summed E-state index contributed by atoms with van der Waals surface area (Å²) in [6.07, 6.45) is 3.46. The standard InChI is InChI=1S/C13H26N2O3/c1-11(5-7-18-2)15-6-3-4-12(10-15)8-14-9-13(16)17/h11-12,14H,3-10H2,1-2H3,(H,16,17).